The molecule has 0 saturated carbocycles. The van der Waals surface area contributed by atoms with E-state index >= 15 is 0 Å². The first kappa shape index (κ1) is 26.0. The molecule has 1 aromatic heterocycles. The van der Waals surface area contributed by atoms with E-state index in [1.807, 2.05) is 67.6 Å². The molecule has 1 spiro atoms. The van der Waals surface area contributed by atoms with Crippen LogP contribution in [0.15, 0.2) is 30.3 Å². The summed E-state index contributed by atoms with van der Waals surface area (Å²) in [7, 11) is 3.24. The number of fused-ring (bicyclic) bond motifs is 1. The minimum atomic E-state index is -0.862. The van der Waals surface area contributed by atoms with E-state index in [2.05, 4.69) is 5.32 Å². The lowest BCUT2D eigenvalue weighted by Gasteiger charge is -2.39. The van der Waals surface area contributed by atoms with Gasteiger partial charge < -0.3 is 29.2 Å². The highest BCUT2D eigenvalue weighted by Gasteiger charge is 2.43. The van der Waals surface area contributed by atoms with E-state index in [9.17, 15) is 14.4 Å². The molecule has 0 radical (unpaired) electrons. The van der Waals surface area contributed by atoms with Crippen LogP contribution in [0.5, 0.6) is 0 Å². The monoisotopic (exact) mass is 498 g/mol. The Kier molecular flexibility index (Phi) is 7.31. The van der Waals surface area contributed by atoms with Gasteiger partial charge in [0.25, 0.3) is 5.91 Å². The summed E-state index contributed by atoms with van der Waals surface area (Å²) in [6.07, 6.45) is 2.58. The number of hydrogen-bond donors (Lipinski definition) is 1. The van der Waals surface area contributed by atoms with Crippen molar-refractivity contribution in [3.05, 3.63) is 36.0 Å². The summed E-state index contributed by atoms with van der Waals surface area (Å²) in [4.78, 5) is 42.2. The van der Waals surface area contributed by atoms with Gasteiger partial charge in [0.1, 0.15) is 5.69 Å². The Balaban J connectivity index is 1.34. The number of nitrogens with one attached hydrogen (secondary N) is 1. The predicted molar refractivity (Wildman–Crippen MR) is 137 cm³/mol. The highest BCUT2D eigenvalue weighted by atomic mass is 16.5. The van der Waals surface area contributed by atoms with E-state index in [0.29, 0.717) is 31.9 Å². The summed E-state index contributed by atoms with van der Waals surface area (Å²) in [6, 6.07) is 8.82. The number of likely N-dealkylation sites (tertiary alicyclic amines) is 2. The van der Waals surface area contributed by atoms with Crippen LogP contribution in [0.25, 0.3) is 10.9 Å². The van der Waals surface area contributed by atoms with Crippen molar-refractivity contribution in [2.45, 2.75) is 51.7 Å². The molecule has 1 aromatic carbocycles. The molecule has 4 rings (SSSR count). The molecule has 0 aliphatic carbocycles. The number of nitrogens with zero attached hydrogens (tertiary/aromatic N) is 3. The number of aromatic nitrogens is 1. The third-order valence-electron chi connectivity index (χ3n) is 7.47. The molecule has 0 bridgehead atoms. The van der Waals surface area contributed by atoms with Crippen LogP contribution in [0, 0.1) is 5.41 Å². The largest absolute Gasteiger partial charge is 0.467 e. The van der Waals surface area contributed by atoms with Crippen molar-refractivity contribution >= 4 is 28.8 Å². The fourth-order valence-corrected chi connectivity index (χ4v) is 5.24. The summed E-state index contributed by atoms with van der Waals surface area (Å²) >= 11 is 0. The number of carbonyl (C=O) groups is 3. The Morgan fingerprint density at radius 2 is 1.69 bits per heavy atom. The highest BCUT2D eigenvalue weighted by molar-refractivity contribution is 5.98. The zero-order chi connectivity index (χ0) is 26.1. The number of urea groups is 1. The lowest BCUT2D eigenvalue weighted by molar-refractivity contribution is -0.146. The van der Waals surface area contributed by atoms with Crippen LogP contribution in [0.2, 0.25) is 0 Å². The van der Waals surface area contributed by atoms with Gasteiger partial charge in [-0.3, -0.25) is 4.79 Å². The molecule has 1 unspecified atom stereocenters. The number of carbonyl (C=O) groups excluding carboxylic acids is 3. The van der Waals surface area contributed by atoms with Gasteiger partial charge in [-0.25, -0.2) is 9.59 Å². The first-order valence-corrected chi connectivity index (χ1v) is 12.6. The second kappa shape index (κ2) is 10.1. The SMILES string of the molecule is COC(=O)C(COC(C)(C)C)NC(=O)N1CCC2(CCN(C(=O)c3cc4ccccc4n3C)CC2)C1. The molecule has 3 amide bonds. The predicted octanol–water partition coefficient (Wildman–Crippen LogP) is 3.17. The average Bonchev–Trinajstić information content (AvgIpc) is 3.42. The van der Waals surface area contributed by atoms with E-state index in [1.54, 1.807) is 4.90 Å². The summed E-state index contributed by atoms with van der Waals surface area (Å²) in [6.45, 7) is 8.30. The quantitative estimate of drug-likeness (QED) is 0.640. The Morgan fingerprint density at radius 3 is 2.31 bits per heavy atom. The van der Waals surface area contributed by atoms with Gasteiger partial charge in [0, 0.05) is 44.1 Å². The van der Waals surface area contributed by atoms with Crippen LogP contribution in [0.1, 0.15) is 50.5 Å². The first-order chi connectivity index (χ1) is 17.0. The van der Waals surface area contributed by atoms with Crippen molar-refractivity contribution < 1.29 is 23.9 Å². The zero-order valence-electron chi connectivity index (χ0n) is 22.0. The second-order valence-electron chi connectivity index (χ2n) is 11.1. The fraction of sp³-hybridized carbons (Fsp3) is 0.593. The van der Waals surface area contributed by atoms with Crippen molar-refractivity contribution in [3.63, 3.8) is 0 Å². The van der Waals surface area contributed by atoms with Gasteiger partial charge in [-0.2, -0.15) is 0 Å². The molecular formula is C27H38N4O5. The summed E-state index contributed by atoms with van der Waals surface area (Å²) in [5.74, 6) is -0.474. The van der Waals surface area contributed by atoms with Crippen molar-refractivity contribution in [1.29, 1.82) is 0 Å². The van der Waals surface area contributed by atoms with Crippen LogP contribution in [0.4, 0.5) is 4.79 Å². The lowest BCUT2D eigenvalue weighted by Crippen LogP contribution is -2.51. The number of benzene rings is 1. The third kappa shape index (κ3) is 5.51. The Hall–Kier alpha value is -3.07. The van der Waals surface area contributed by atoms with Gasteiger partial charge in [0.15, 0.2) is 6.04 Å². The Morgan fingerprint density at radius 1 is 1.06 bits per heavy atom. The highest BCUT2D eigenvalue weighted by Crippen LogP contribution is 2.40. The van der Waals surface area contributed by atoms with Crippen LogP contribution in [-0.4, -0.2) is 83.8 Å². The fourth-order valence-electron chi connectivity index (χ4n) is 5.24. The number of methoxy groups -OCH3 is 1. The molecule has 1 atom stereocenters. The average molecular weight is 499 g/mol. The maximum atomic E-state index is 13.3. The first-order valence-electron chi connectivity index (χ1n) is 12.6. The van der Waals surface area contributed by atoms with Crippen LogP contribution < -0.4 is 5.32 Å². The topological polar surface area (TPSA) is 93.1 Å². The van der Waals surface area contributed by atoms with Crippen molar-refractivity contribution in [3.8, 4) is 0 Å². The zero-order valence-corrected chi connectivity index (χ0v) is 22.0. The molecule has 2 fully saturated rings. The van der Waals surface area contributed by atoms with Gasteiger partial charge >= 0.3 is 12.0 Å². The number of amides is 3. The molecule has 3 heterocycles. The van der Waals surface area contributed by atoms with E-state index in [-0.39, 0.29) is 24.0 Å². The molecule has 9 nitrogen and oxygen atoms in total. The minimum Gasteiger partial charge on any atom is -0.467 e. The van der Waals surface area contributed by atoms with Crippen LogP contribution in [-0.2, 0) is 21.3 Å². The van der Waals surface area contributed by atoms with E-state index in [4.69, 9.17) is 9.47 Å². The van der Waals surface area contributed by atoms with Gasteiger partial charge in [0.05, 0.1) is 19.3 Å². The van der Waals surface area contributed by atoms with Crippen LogP contribution >= 0.6 is 0 Å². The number of esters is 1. The third-order valence-corrected chi connectivity index (χ3v) is 7.47. The maximum absolute atomic E-state index is 13.3. The number of para-hydroxylation sites is 1. The standard InChI is InChI=1S/C27H38N4O5/c1-26(2,3)36-17-20(24(33)35-5)28-25(34)31-15-12-27(18-31)10-13-30(14-11-27)23(32)22-16-19-8-6-7-9-21(19)29(22)4/h6-9,16,20H,10-15,17-18H2,1-5H3,(H,28,34). The molecule has 2 aliphatic rings. The van der Waals surface area contributed by atoms with Crippen LogP contribution in [0.3, 0.4) is 0 Å². The second-order valence-corrected chi connectivity index (χ2v) is 11.1. The van der Waals surface area contributed by atoms with Gasteiger partial charge in [-0.15, -0.1) is 0 Å². The summed E-state index contributed by atoms with van der Waals surface area (Å²) in [5.41, 5.74) is 1.30. The number of piperidine rings is 1. The number of rotatable bonds is 5. The summed E-state index contributed by atoms with van der Waals surface area (Å²) < 4.78 is 12.5. The maximum Gasteiger partial charge on any atom is 0.330 e. The van der Waals surface area contributed by atoms with Gasteiger partial charge in [-0.1, -0.05) is 18.2 Å². The Bertz CT molecular complexity index is 1130. The van der Waals surface area contributed by atoms with E-state index in [0.717, 1.165) is 30.2 Å². The lowest BCUT2D eigenvalue weighted by atomic mass is 9.77. The number of aryl methyl sites for hydroxylation is 1. The molecule has 9 heteroatoms. The van der Waals surface area contributed by atoms with E-state index in [1.165, 1.54) is 7.11 Å². The summed E-state index contributed by atoms with van der Waals surface area (Å²) in [5, 5.41) is 3.85. The molecule has 36 heavy (non-hydrogen) atoms. The number of ether oxygens (including phenoxy) is 2. The van der Waals surface area contributed by atoms with Gasteiger partial charge in [0.2, 0.25) is 0 Å². The van der Waals surface area contributed by atoms with Crippen molar-refractivity contribution in [2.75, 3.05) is 39.9 Å². The molecular weight excluding hydrogens is 460 g/mol. The minimum absolute atomic E-state index is 0.00425. The van der Waals surface area contributed by atoms with E-state index < -0.39 is 17.6 Å². The molecule has 196 valence electrons. The molecule has 1 N–H and O–H groups in total. The van der Waals surface area contributed by atoms with Crippen molar-refractivity contribution in [1.82, 2.24) is 19.7 Å². The smallest absolute Gasteiger partial charge is 0.330 e. The molecule has 2 aromatic rings. The number of hydrogen-bond acceptors (Lipinski definition) is 5. The molecule has 2 aliphatic heterocycles. The molecule has 2 saturated heterocycles. The van der Waals surface area contributed by atoms with Gasteiger partial charge in [-0.05, 0) is 57.6 Å². The normalized spacial score (nSPS) is 18.5. The Labute approximate surface area is 212 Å². The van der Waals surface area contributed by atoms with Crippen molar-refractivity contribution in [2.24, 2.45) is 12.5 Å².